The first-order valence-corrected chi connectivity index (χ1v) is 3.84. The zero-order valence-corrected chi connectivity index (χ0v) is 7.06. The highest BCUT2D eigenvalue weighted by Gasteiger charge is 2.10. The molecule has 0 aromatic heterocycles. The summed E-state index contributed by atoms with van der Waals surface area (Å²) in [5.41, 5.74) is 5.28. The molecule has 0 radical (unpaired) electrons. The summed E-state index contributed by atoms with van der Waals surface area (Å²) < 4.78 is 0. The third kappa shape index (κ3) is 4.70. The van der Waals surface area contributed by atoms with Crippen LogP contribution in [-0.2, 0) is 9.59 Å². The Morgan fingerprint density at radius 2 is 2.18 bits per heavy atom. The summed E-state index contributed by atoms with van der Waals surface area (Å²) in [5, 5.41) is 10.3. The Labute approximate surface area is 66.5 Å². The van der Waals surface area contributed by atoms with Gasteiger partial charge in [0.2, 0.25) is 5.91 Å². The predicted molar refractivity (Wildman–Crippen MR) is 43.2 cm³/mol. The predicted octanol–water partition coefficient (Wildman–Crippen LogP) is -1.61. The summed E-state index contributed by atoms with van der Waals surface area (Å²) in [7, 11) is 2.30. The summed E-state index contributed by atoms with van der Waals surface area (Å²) in [6, 6.07) is -0.639. The third-order valence-electron chi connectivity index (χ3n) is 1.00. The fourth-order valence-corrected chi connectivity index (χ4v) is 0.615. The minimum absolute atomic E-state index is 0.378. The fraction of sp³-hybridized carbons (Fsp3) is 0.600. The maximum atomic E-state index is 10.8. The zero-order valence-electron chi connectivity index (χ0n) is 5.91. The van der Waals surface area contributed by atoms with Crippen LogP contribution in [0, 0.1) is 0 Å². The monoisotopic (exact) mass is 178 g/mol. The molecule has 11 heavy (non-hydrogen) atoms. The van der Waals surface area contributed by atoms with E-state index in [-0.39, 0.29) is 6.54 Å². The number of aliphatic carboxylic acids is 1. The molecule has 4 N–H and O–H groups in total. The second-order valence-electron chi connectivity index (χ2n) is 1.95. The van der Waals surface area contributed by atoms with Crippen molar-refractivity contribution in [2.75, 3.05) is 12.7 Å². The van der Waals surface area contributed by atoms with Crippen LogP contribution in [0.5, 0.6) is 0 Å². The van der Waals surface area contributed by atoms with Gasteiger partial charge in [-0.1, -0.05) is 0 Å². The number of hydrogen-bond acceptors (Lipinski definition) is 3. The van der Waals surface area contributed by atoms with Crippen LogP contribution in [0.4, 0.5) is 0 Å². The lowest BCUT2D eigenvalue weighted by molar-refractivity contribution is -0.138. The van der Waals surface area contributed by atoms with Crippen LogP contribution >= 0.6 is 9.24 Å². The molecule has 0 saturated carbocycles. The van der Waals surface area contributed by atoms with Crippen LogP contribution in [0.15, 0.2) is 0 Å². The quantitative estimate of drug-likeness (QED) is 0.451. The van der Waals surface area contributed by atoms with Gasteiger partial charge in [-0.05, 0) is 6.16 Å². The Kier molecular flexibility index (Phi) is 4.74. The van der Waals surface area contributed by atoms with E-state index in [9.17, 15) is 9.59 Å². The minimum atomic E-state index is -1.07. The third-order valence-corrected chi connectivity index (χ3v) is 1.51. The van der Waals surface area contributed by atoms with Crippen molar-refractivity contribution in [1.82, 2.24) is 5.32 Å². The average molecular weight is 178 g/mol. The largest absolute Gasteiger partial charge is 0.480 e. The SMILES string of the molecule is NC(CP)C(=O)NCC(=O)O. The summed E-state index contributed by atoms with van der Waals surface area (Å²) >= 11 is 0. The Balaban J connectivity index is 3.60. The van der Waals surface area contributed by atoms with Crippen LogP contribution in [0.2, 0.25) is 0 Å². The van der Waals surface area contributed by atoms with E-state index >= 15 is 0 Å². The highest BCUT2D eigenvalue weighted by molar-refractivity contribution is 7.16. The highest BCUT2D eigenvalue weighted by atomic mass is 31.0. The molecule has 6 heteroatoms. The van der Waals surface area contributed by atoms with Gasteiger partial charge in [-0.3, -0.25) is 9.59 Å². The van der Waals surface area contributed by atoms with Crippen LogP contribution < -0.4 is 11.1 Å². The number of rotatable bonds is 4. The molecular formula is C5H11N2O3P. The number of amides is 1. The second-order valence-corrected chi connectivity index (χ2v) is 2.43. The van der Waals surface area contributed by atoms with Crippen LogP contribution in [0.3, 0.4) is 0 Å². The molecule has 0 aliphatic rings. The van der Waals surface area contributed by atoms with E-state index < -0.39 is 17.9 Å². The van der Waals surface area contributed by atoms with Crippen LogP contribution in [0.1, 0.15) is 0 Å². The number of nitrogens with two attached hydrogens (primary N) is 1. The number of carboxylic acid groups (broad SMARTS) is 1. The Morgan fingerprint density at radius 1 is 1.64 bits per heavy atom. The number of carbonyl (C=O) groups excluding carboxylic acids is 1. The highest BCUT2D eigenvalue weighted by Crippen LogP contribution is 1.86. The minimum Gasteiger partial charge on any atom is -0.480 e. The number of nitrogens with one attached hydrogen (secondary N) is 1. The van der Waals surface area contributed by atoms with Gasteiger partial charge >= 0.3 is 5.97 Å². The van der Waals surface area contributed by atoms with Gasteiger partial charge in [-0.15, -0.1) is 9.24 Å². The number of carbonyl (C=O) groups is 2. The molecule has 2 unspecified atom stereocenters. The van der Waals surface area contributed by atoms with E-state index in [1.165, 1.54) is 0 Å². The second kappa shape index (κ2) is 5.04. The van der Waals surface area contributed by atoms with E-state index in [0.29, 0.717) is 6.16 Å². The average Bonchev–Trinajstić information content (AvgIpc) is 1.98. The van der Waals surface area contributed by atoms with E-state index in [1.54, 1.807) is 0 Å². The molecule has 2 atom stereocenters. The molecule has 0 heterocycles. The van der Waals surface area contributed by atoms with E-state index in [4.69, 9.17) is 10.8 Å². The van der Waals surface area contributed by atoms with Gasteiger partial charge in [0.25, 0.3) is 0 Å². The van der Waals surface area contributed by atoms with Crippen molar-refractivity contribution in [2.45, 2.75) is 6.04 Å². The van der Waals surface area contributed by atoms with Crippen LogP contribution in [-0.4, -0.2) is 35.7 Å². The Bertz CT molecular complexity index is 162. The first kappa shape index (κ1) is 10.3. The normalized spacial score (nSPS) is 12.2. The maximum absolute atomic E-state index is 10.8. The molecule has 0 aromatic carbocycles. The van der Waals surface area contributed by atoms with Crippen molar-refractivity contribution in [1.29, 1.82) is 0 Å². The van der Waals surface area contributed by atoms with Crippen molar-refractivity contribution in [2.24, 2.45) is 5.73 Å². The maximum Gasteiger partial charge on any atom is 0.322 e. The molecule has 64 valence electrons. The van der Waals surface area contributed by atoms with E-state index in [2.05, 4.69) is 14.6 Å². The van der Waals surface area contributed by atoms with Gasteiger partial charge < -0.3 is 16.2 Å². The summed E-state index contributed by atoms with van der Waals surface area (Å²) in [6.07, 6.45) is 0.422. The molecular weight excluding hydrogens is 167 g/mol. The van der Waals surface area contributed by atoms with Crippen molar-refractivity contribution in [3.63, 3.8) is 0 Å². The fourth-order valence-electron chi connectivity index (χ4n) is 0.401. The zero-order chi connectivity index (χ0) is 8.85. The van der Waals surface area contributed by atoms with Gasteiger partial charge in [0.05, 0.1) is 6.04 Å². The van der Waals surface area contributed by atoms with Gasteiger partial charge in [-0.25, -0.2) is 0 Å². The van der Waals surface area contributed by atoms with Crippen molar-refractivity contribution in [3.05, 3.63) is 0 Å². The molecule has 0 saturated heterocycles. The molecule has 0 bridgehead atoms. The molecule has 0 aliphatic carbocycles. The standard InChI is InChI=1S/C5H11N2O3P/c6-3(2-11)5(10)7-1-4(8)9/h3H,1-2,6,11H2,(H,7,10)(H,8,9). The number of hydrogen-bond donors (Lipinski definition) is 3. The van der Waals surface area contributed by atoms with Crippen molar-refractivity contribution < 1.29 is 14.7 Å². The lowest BCUT2D eigenvalue weighted by Gasteiger charge is -2.06. The Hall–Kier alpha value is -0.670. The topological polar surface area (TPSA) is 92.4 Å². The van der Waals surface area contributed by atoms with Gasteiger partial charge in [0.15, 0.2) is 0 Å². The van der Waals surface area contributed by atoms with Gasteiger partial charge in [0, 0.05) is 0 Å². The van der Waals surface area contributed by atoms with Crippen molar-refractivity contribution in [3.8, 4) is 0 Å². The first-order chi connectivity index (χ1) is 5.07. The lowest BCUT2D eigenvalue weighted by atomic mass is 10.3. The molecule has 0 aliphatic heterocycles. The Morgan fingerprint density at radius 3 is 2.55 bits per heavy atom. The summed E-state index contributed by atoms with van der Waals surface area (Å²) in [6.45, 7) is -0.378. The van der Waals surface area contributed by atoms with E-state index in [1.807, 2.05) is 0 Å². The molecule has 0 aromatic rings. The molecule has 0 rings (SSSR count). The van der Waals surface area contributed by atoms with Crippen LogP contribution in [0.25, 0.3) is 0 Å². The van der Waals surface area contributed by atoms with E-state index in [0.717, 1.165) is 0 Å². The molecule has 0 spiro atoms. The smallest absolute Gasteiger partial charge is 0.322 e. The molecule has 5 nitrogen and oxygen atoms in total. The number of carboxylic acids is 1. The van der Waals surface area contributed by atoms with Gasteiger partial charge in [-0.2, -0.15) is 0 Å². The summed E-state index contributed by atoms with van der Waals surface area (Å²) in [5.74, 6) is -1.52. The van der Waals surface area contributed by atoms with Gasteiger partial charge in [0.1, 0.15) is 6.54 Å². The molecule has 1 amide bonds. The molecule has 0 fully saturated rings. The lowest BCUT2D eigenvalue weighted by Crippen LogP contribution is -2.43. The first-order valence-electron chi connectivity index (χ1n) is 3.03. The van der Waals surface area contributed by atoms with Crippen molar-refractivity contribution >= 4 is 21.1 Å². The summed E-state index contributed by atoms with van der Waals surface area (Å²) in [4.78, 5) is 20.7.